The van der Waals surface area contributed by atoms with Gasteiger partial charge in [-0.25, -0.2) is 4.98 Å². The maximum absolute atomic E-state index is 13.0. The Morgan fingerprint density at radius 3 is 2.84 bits per heavy atom. The molecular formula is C25H25N5O2. The van der Waals surface area contributed by atoms with Gasteiger partial charge in [-0.3, -0.25) is 10.1 Å². The number of nitrogens with one attached hydrogen (secondary N) is 2. The molecule has 0 saturated carbocycles. The van der Waals surface area contributed by atoms with E-state index in [2.05, 4.69) is 34.7 Å². The lowest BCUT2D eigenvalue weighted by molar-refractivity contribution is 0.102. The fourth-order valence-corrected chi connectivity index (χ4v) is 4.11. The molecule has 7 nitrogen and oxygen atoms in total. The van der Waals surface area contributed by atoms with Crippen molar-refractivity contribution in [1.29, 1.82) is 0 Å². The van der Waals surface area contributed by atoms with Crippen molar-refractivity contribution in [2.75, 3.05) is 24.2 Å². The number of furan rings is 1. The topological polar surface area (TPSA) is 83.3 Å². The van der Waals surface area contributed by atoms with Gasteiger partial charge in [-0.15, -0.1) is 0 Å². The van der Waals surface area contributed by atoms with Crippen molar-refractivity contribution in [3.63, 3.8) is 0 Å². The lowest BCUT2D eigenvalue weighted by Gasteiger charge is -2.18. The highest BCUT2D eigenvalue weighted by molar-refractivity contribution is 6.12. The number of benzene rings is 2. The molecule has 0 radical (unpaired) electrons. The van der Waals surface area contributed by atoms with Gasteiger partial charge in [-0.1, -0.05) is 42.5 Å². The highest BCUT2D eigenvalue weighted by Gasteiger charge is 2.21. The van der Waals surface area contributed by atoms with Gasteiger partial charge in [0.25, 0.3) is 5.91 Å². The summed E-state index contributed by atoms with van der Waals surface area (Å²) in [4.78, 5) is 24.8. The van der Waals surface area contributed by atoms with Crippen LogP contribution in [0.3, 0.4) is 0 Å². The van der Waals surface area contributed by atoms with E-state index in [0.717, 1.165) is 53.8 Å². The molecule has 0 saturated heterocycles. The van der Waals surface area contributed by atoms with Crippen molar-refractivity contribution in [1.82, 2.24) is 14.9 Å². The van der Waals surface area contributed by atoms with E-state index in [1.54, 1.807) is 18.6 Å². The van der Waals surface area contributed by atoms with Crippen LogP contribution in [0.25, 0.3) is 10.8 Å². The predicted octanol–water partition coefficient (Wildman–Crippen LogP) is 4.47. The summed E-state index contributed by atoms with van der Waals surface area (Å²) in [6, 6.07) is 15.7. The van der Waals surface area contributed by atoms with Crippen molar-refractivity contribution < 1.29 is 9.21 Å². The first-order valence-corrected chi connectivity index (χ1v) is 10.8. The summed E-state index contributed by atoms with van der Waals surface area (Å²) in [6.07, 6.45) is 5.08. The van der Waals surface area contributed by atoms with Crippen molar-refractivity contribution >= 4 is 28.4 Å². The minimum atomic E-state index is -0.253. The third-order valence-corrected chi connectivity index (χ3v) is 5.77. The van der Waals surface area contributed by atoms with Crippen molar-refractivity contribution in [2.24, 2.45) is 0 Å². The summed E-state index contributed by atoms with van der Waals surface area (Å²) < 4.78 is 5.27. The van der Waals surface area contributed by atoms with Crippen molar-refractivity contribution in [3.05, 3.63) is 83.4 Å². The van der Waals surface area contributed by atoms with Crippen LogP contribution in [0.15, 0.2) is 65.5 Å². The Morgan fingerprint density at radius 2 is 1.97 bits per heavy atom. The SMILES string of the molecule is CN1CCCc2nc(NC(=O)c3cccc4cocc34)nc(NCc3ccccc3)c2C1. The van der Waals surface area contributed by atoms with Gasteiger partial charge in [0.05, 0.1) is 23.8 Å². The van der Waals surface area contributed by atoms with Gasteiger partial charge in [-0.05, 0) is 38.1 Å². The molecule has 0 bridgehead atoms. The molecule has 0 unspecified atom stereocenters. The van der Waals surface area contributed by atoms with Gasteiger partial charge < -0.3 is 14.6 Å². The molecule has 2 aromatic heterocycles. The molecular weight excluding hydrogens is 402 g/mol. The van der Waals surface area contributed by atoms with E-state index in [1.807, 2.05) is 30.3 Å². The fraction of sp³-hybridized carbons (Fsp3) is 0.240. The Hall–Kier alpha value is -3.71. The van der Waals surface area contributed by atoms with Gasteiger partial charge in [-0.2, -0.15) is 4.98 Å². The zero-order chi connectivity index (χ0) is 21.9. The summed E-state index contributed by atoms with van der Waals surface area (Å²) in [5, 5.41) is 8.03. The molecule has 4 aromatic rings. The molecule has 1 aliphatic rings. The number of anilines is 2. The van der Waals surface area contributed by atoms with Crippen LogP contribution in [0.5, 0.6) is 0 Å². The minimum Gasteiger partial charge on any atom is -0.471 e. The number of aromatic nitrogens is 2. The first-order chi connectivity index (χ1) is 15.7. The van der Waals surface area contributed by atoms with Crippen LogP contribution >= 0.6 is 0 Å². The highest BCUT2D eigenvalue weighted by Crippen LogP contribution is 2.26. The van der Waals surface area contributed by atoms with Gasteiger partial charge >= 0.3 is 0 Å². The predicted molar refractivity (Wildman–Crippen MR) is 125 cm³/mol. The standard InChI is InChI=1S/C25H25N5O2/c1-30-12-6-11-22-20(14-30)23(26-13-17-7-3-2-4-8-17)28-25(27-22)29-24(31)19-10-5-9-18-15-32-16-21(18)19/h2-5,7-10,15-16H,6,11-14H2,1H3,(H2,26,27,28,29,31). The number of aryl methyl sites for hydroxylation is 1. The highest BCUT2D eigenvalue weighted by atomic mass is 16.3. The number of nitrogens with zero attached hydrogens (tertiary/aromatic N) is 3. The van der Waals surface area contributed by atoms with Gasteiger partial charge in [0.15, 0.2) is 0 Å². The monoisotopic (exact) mass is 427 g/mol. The number of rotatable bonds is 5. The summed E-state index contributed by atoms with van der Waals surface area (Å²) in [6.45, 7) is 2.42. The number of hydrogen-bond donors (Lipinski definition) is 2. The number of carbonyl (C=O) groups excluding carboxylic acids is 1. The van der Waals surface area contributed by atoms with Gasteiger partial charge in [0, 0.05) is 29.4 Å². The van der Waals surface area contributed by atoms with Crippen LogP contribution in [0.1, 0.15) is 33.6 Å². The summed E-state index contributed by atoms with van der Waals surface area (Å²) in [7, 11) is 2.11. The molecule has 0 spiro atoms. The van der Waals surface area contributed by atoms with Crippen LogP contribution in [0.4, 0.5) is 11.8 Å². The average Bonchev–Trinajstić information content (AvgIpc) is 3.21. The number of carbonyl (C=O) groups is 1. The molecule has 1 aliphatic heterocycles. The van der Waals surface area contributed by atoms with Crippen LogP contribution in [-0.2, 0) is 19.5 Å². The quantitative estimate of drug-likeness (QED) is 0.489. The molecule has 5 rings (SSSR count). The minimum absolute atomic E-state index is 0.253. The molecule has 0 atom stereocenters. The molecule has 162 valence electrons. The second kappa shape index (κ2) is 8.80. The first-order valence-electron chi connectivity index (χ1n) is 10.8. The maximum Gasteiger partial charge on any atom is 0.258 e. The molecule has 1 amide bonds. The Balaban J connectivity index is 1.46. The normalized spacial score (nSPS) is 14.0. The Morgan fingerprint density at radius 1 is 1.09 bits per heavy atom. The molecule has 2 aromatic carbocycles. The van der Waals surface area contributed by atoms with E-state index >= 15 is 0 Å². The van der Waals surface area contributed by atoms with E-state index < -0.39 is 0 Å². The first kappa shape index (κ1) is 20.2. The third-order valence-electron chi connectivity index (χ3n) is 5.77. The van der Waals surface area contributed by atoms with Crippen LogP contribution in [0.2, 0.25) is 0 Å². The number of amides is 1. The molecule has 0 fully saturated rings. The maximum atomic E-state index is 13.0. The molecule has 3 heterocycles. The van der Waals surface area contributed by atoms with Gasteiger partial charge in [0.1, 0.15) is 5.82 Å². The van der Waals surface area contributed by atoms with E-state index in [1.165, 1.54) is 5.56 Å². The fourth-order valence-electron chi connectivity index (χ4n) is 4.11. The van der Waals surface area contributed by atoms with E-state index in [4.69, 9.17) is 14.4 Å². The Labute approximate surface area is 186 Å². The Bertz CT molecular complexity index is 1250. The van der Waals surface area contributed by atoms with Gasteiger partial charge in [0.2, 0.25) is 5.95 Å². The molecule has 7 heteroatoms. The third kappa shape index (κ3) is 4.20. The van der Waals surface area contributed by atoms with Crippen LogP contribution in [0, 0.1) is 0 Å². The smallest absolute Gasteiger partial charge is 0.258 e. The summed E-state index contributed by atoms with van der Waals surface area (Å²) in [5.41, 5.74) is 3.78. The molecule has 0 aliphatic carbocycles. The number of fused-ring (bicyclic) bond motifs is 2. The largest absolute Gasteiger partial charge is 0.471 e. The number of hydrogen-bond acceptors (Lipinski definition) is 6. The van der Waals surface area contributed by atoms with E-state index in [9.17, 15) is 4.79 Å². The second-order valence-corrected chi connectivity index (χ2v) is 8.14. The van der Waals surface area contributed by atoms with Crippen LogP contribution in [-0.4, -0.2) is 34.4 Å². The molecule has 2 N–H and O–H groups in total. The van der Waals surface area contributed by atoms with Crippen LogP contribution < -0.4 is 10.6 Å². The Kier molecular flexibility index (Phi) is 5.56. The zero-order valence-electron chi connectivity index (χ0n) is 18.0. The summed E-state index contributed by atoms with van der Waals surface area (Å²) in [5.74, 6) is 0.829. The second-order valence-electron chi connectivity index (χ2n) is 8.14. The van der Waals surface area contributed by atoms with E-state index in [-0.39, 0.29) is 5.91 Å². The van der Waals surface area contributed by atoms with E-state index in [0.29, 0.717) is 18.1 Å². The zero-order valence-corrected chi connectivity index (χ0v) is 18.0. The lowest BCUT2D eigenvalue weighted by Crippen LogP contribution is -2.20. The van der Waals surface area contributed by atoms with Crippen molar-refractivity contribution in [2.45, 2.75) is 25.9 Å². The average molecular weight is 428 g/mol. The lowest BCUT2D eigenvalue weighted by atomic mass is 10.1. The molecule has 32 heavy (non-hydrogen) atoms. The van der Waals surface area contributed by atoms with Crippen molar-refractivity contribution in [3.8, 4) is 0 Å². The summed E-state index contributed by atoms with van der Waals surface area (Å²) >= 11 is 0.